The number of amides is 1. The Morgan fingerprint density at radius 1 is 0.967 bits per heavy atom. The van der Waals surface area contributed by atoms with Gasteiger partial charge in [0.1, 0.15) is 16.9 Å². The van der Waals surface area contributed by atoms with Crippen LogP contribution in [0.1, 0.15) is 22.8 Å². The minimum atomic E-state index is -0.992. The summed E-state index contributed by atoms with van der Waals surface area (Å²) in [4.78, 5) is 25.0. The van der Waals surface area contributed by atoms with E-state index in [0.29, 0.717) is 22.6 Å². The number of carbonyl (C=O) groups excluding carboxylic acids is 2. The predicted octanol–water partition coefficient (Wildman–Crippen LogP) is 5.09. The van der Waals surface area contributed by atoms with Gasteiger partial charge in [0, 0.05) is 16.8 Å². The van der Waals surface area contributed by atoms with Gasteiger partial charge < -0.3 is 19.2 Å². The Morgan fingerprint density at radius 3 is 2.53 bits per heavy atom. The number of benzene rings is 3. The number of fused-ring (bicyclic) bond motifs is 3. The Morgan fingerprint density at radius 2 is 1.77 bits per heavy atom. The summed E-state index contributed by atoms with van der Waals surface area (Å²) in [6.45, 7) is 3.41. The maximum atomic E-state index is 12.6. The van der Waals surface area contributed by atoms with Crippen LogP contribution in [0.3, 0.4) is 0 Å². The van der Waals surface area contributed by atoms with Gasteiger partial charge in [-0.2, -0.15) is 0 Å². The van der Waals surface area contributed by atoms with E-state index < -0.39 is 18.0 Å². The van der Waals surface area contributed by atoms with Crippen molar-refractivity contribution < 1.29 is 23.5 Å². The van der Waals surface area contributed by atoms with Crippen molar-refractivity contribution in [1.29, 1.82) is 0 Å². The third-order valence-corrected chi connectivity index (χ3v) is 4.86. The number of furan rings is 1. The molecule has 1 aromatic heterocycles. The highest BCUT2D eigenvalue weighted by atomic mass is 16.5. The van der Waals surface area contributed by atoms with Crippen molar-refractivity contribution in [3.05, 3.63) is 71.8 Å². The first kappa shape index (κ1) is 19.5. The van der Waals surface area contributed by atoms with E-state index in [1.165, 1.54) is 14.0 Å². The van der Waals surface area contributed by atoms with Gasteiger partial charge in [0.25, 0.3) is 5.91 Å². The molecular formula is C24H21NO5. The fraction of sp³-hybridized carbons (Fsp3) is 0.167. The van der Waals surface area contributed by atoms with Gasteiger partial charge in [-0.25, -0.2) is 4.79 Å². The molecule has 0 spiro atoms. The van der Waals surface area contributed by atoms with Crippen LogP contribution in [0.4, 0.5) is 5.69 Å². The van der Waals surface area contributed by atoms with Crippen molar-refractivity contribution in [2.45, 2.75) is 20.0 Å². The van der Waals surface area contributed by atoms with Crippen LogP contribution in [0.2, 0.25) is 0 Å². The van der Waals surface area contributed by atoms with Crippen LogP contribution in [-0.4, -0.2) is 25.1 Å². The molecule has 4 rings (SSSR count). The molecule has 6 nitrogen and oxygen atoms in total. The molecule has 152 valence electrons. The van der Waals surface area contributed by atoms with Crippen molar-refractivity contribution in [2.75, 3.05) is 12.4 Å². The highest BCUT2D eigenvalue weighted by Gasteiger charge is 2.21. The average molecular weight is 403 g/mol. The van der Waals surface area contributed by atoms with Crippen LogP contribution in [0.5, 0.6) is 5.75 Å². The number of nitrogens with one attached hydrogen (secondary N) is 1. The second-order valence-electron chi connectivity index (χ2n) is 7.05. The van der Waals surface area contributed by atoms with Gasteiger partial charge in [-0.15, -0.1) is 0 Å². The van der Waals surface area contributed by atoms with E-state index in [1.807, 2.05) is 43.3 Å². The monoisotopic (exact) mass is 403 g/mol. The van der Waals surface area contributed by atoms with Crippen LogP contribution in [-0.2, 0) is 9.53 Å². The molecule has 0 radical (unpaired) electrons. The second kappa shape index (κ2) is 7.91. The van der Waals surface area contributed by atoms with E-state index in [9.17, 15) is 9.59 Å². The lowest BCUT2D eigenvalue weighted by molar-refractivity contribution is -0.123. The number of hydrogen-bond donors (Lipinski definition) is 1. The first-order valence-electron chi connectivity index (χ1n) is 9.54. The van der Waals surface area contributed by atoms with E-state index in [2.05, 4.69) is 5.32 Å². The van der Waals surface area contributed by atoms with Gasteiger partial charge in [-0.05, 0) is 38.1 Å². The average Bonchev–Trinajstić information content (AvgIpc) is 3.10. The molecule has 4 aromatic rings. The Hall–Kier alpha value is -3.80. The topological polar surface area (TPSA) is 77.8 Å². The number of rotatable bonds is 5. The normalized spacial score (nSPS) is 12.0. The quantitative estimate of drug-likeness (QED) is 0.470. The van der Waals surface area contributed by atoms with Gasteiger partial charge in [0.15, 0.2) is 6.10 Å². The van der Waals surface area contributed by atoms with Gasteiger partial charge in [0.05, 0.1) is 18.4 Å². The molecule has 0 bridgehead atoms. The number of hydrogen-bond acceptors (Lipinski definition) is 5. The van der Waals surface area contributed by atoms with E-state index in [1.54, 1.807) is 24.3 Å². The summed E-state index contributed by atoms with van der Waals surface area (Å²) in [6.07, 6.45) is -0.992. The molecule has 1 amide bonds. The lowest BCUT2D eigenvalue weighted by Gasteiger charge is -2.15. The van der Waals surface area contributed by atoms with Crippen LogP contribution < -0.4 is 10.1 Å². The Balaban J connectivity index is 1.55. The molecule has 6 heteroatoms. The fourth-order valence-electron chi connectivity index (χ4n) is 3.31. The van der Waals surface area contributed by atoms with Gasteiger partial charge in [-0.1, -0.05) is 35.9 Å². The van der Waals surface area contributed by atoms with Gasteiger partial charge in [-0.3, -0.25) is 4.79 Å². The van der Waals surface area contributed by atoms with Crippen LogP contribution in [0, 0.1) is 6.92 Å². The lowest BCUT2D eigenvalue weighted by atomic mass is 10.1. The lowest BCUT2D eigenvalue weighted by Crippen LogP contribution is -2.30. The summed E-state index contributed by atoms with van der Waals surface area (Å²) >= 11 is 0. The Labute approximate surface area is 173 Å². The highest BCUT2D eigenvalue weighted by molar-refractivity contribution is 6.08. The molecule has 0 fully saturated rings. The number of carbonyl (C=O) groups is 2. The van der Waals surface area contributed by atoms with Crippen molar-refractivity contribution in [2.24, 2.45) is 0 Å². The van der Waals surface area contributed by atoms with Crippen LogP contribution in [0.15, 0.2) is 65.1 Å². The number of aryl methyl sites for hydroxylation is 1. The summed E-state index contributed by atoms with van der Waals surface area (Å²) in [7, 11) is 1.53. The third-order valence-electron chi connectivity index (χ3n) is 4.86. The highest BCUT2D eigenvalue weighted by Crippen LogP contribution is 2.36. The number of methoxy groups -OCH3 is 1. The van der Waals surface area contributed by atoms with Crippen molar-refractivity contribution >= 4 is 39.5 Å². The number of para-hydroxylation sites is 1. The molecule has 0 saturated heterocycles. The van der Waals surface area contributed by atoms with Crippen molar-refractivity contribution in [3.63, 3.8) is 0 Å². The fourth-order valence-corrected chi connectivity index (χ4v) is 3.31. The van der Waals surface area contributed by atoms with Gasteiger partial charge >= 0.3 is 5.97 Å². The Kier molecular flexibility index (Phi) is 5.14. The molecule has 0 unspecified atom stereocenters. The molecule has 30 heavy (non-hydrogen) atoms. The van der Waals surface area contributed by atoms with E-state index in [4.69, 9.17) is 13.9 Å². The molecule has 1 heterocycles. The van der Waals surface area contributed by atoms with E-state index >= 15 is 0 Å². The van der Waals surface area contributed by atoms with E-state index in [0.717, 1.165) is 21.9 Å². The molecule has 3 aromatic carbocycles. The van der Waals surface area contributed by atoms with Gasteiger partial charge in [0.2, 0.25) is 0 Å². The summed E-state index contributed by atoms with van der Waals surface area (Å²) in [6, 6.07) is 18.2. The van der Waals surface area contributed by atoms with Crippen molar-refractivity contribution in [1.82, 2.24) is 0 Å². The SMILES string of the molecule is COc1cc2c(cc1NC(=O)[C@@H](C)OC(=O)c1cccc(C)c1)oc1ccccc12. The molecular weight excluding hydrogens is 382 g/mol. The van der Waals surface area contributed by atoms with Crippen LogP contribution in [0.25, 0.3) is 21.9 Å². The first-order valence-corrected chi connectivity index (χ1v) is 9.54. The maximum absolute atomic E-state index is 12.6. The molecule has 1 atom stereocenters. The zero-order valence-electron chi connectivity index (χ0n) is 16.9. The minimum Gasteiger partial charge on any atom is -0.495 e. The smallest absolute Gasteiger partial charge is 0.338 e. The Bertz CT molecular complexity index is 1260. The van der Waals surface area contributed by atoms with Crippen LogP contribution >= 0.6 is 0 Å². The second-order valence-corrected chi connectivity index (χ2v) is 7.05. The summed E-state index contributed by atoms with van der Waals surface area (Å²) < 4.78 is 16.6. The largest absolute Gasteiger partial charge is 0.495 e. The molecule has 0 saturated carbocycles. The first-order chi connectivity index (χ1) is 14.5. The molecule has 1 N–H and O–H groups in total. The summed E-state index contributed by atoms with van der Waals surface area (Å²) in [5, 5.41) is 4.62. The number of esters is 1. The zero-order chi connectivity index (χ0) is 21.3. The third kappa shape index (κ3) is 3.72. The van der Waals surface area contributed by atoms with E-state index in [-0.39, 0.29) is 0 Å². The minimum absolute atomic E-state index is 0.399. The summed E-state index contributed by atoms with van der Waals surface area (Å²) in [5.74, 6) is -0.537. The number of ether oxygens (including phenoxy) is 2. The molecule has 0 aliphatic rings. The predicted molar refractivity (Wildman–Crippen MR) is 115 cm³/mol. The number of anilines is 1. The molecule has 0 aliphatic carbocycles. The maximum Gasteiger partial charge on any atom is 0.338 e. The van der Waals surface area contributed by atoms with Crippen molar-refractivity contribution in [3.8, 4) is 5.75 Å². The zero-order valence-corrected chi connectivity index (χ0v) is 16.9. The summed E-state index contributed by atoms with van der Waals surface area (Å²) in [5.41, 5.74) is 3.14. The standard InChI is InChI=1S/C24H21NO5/c1-14-7-6-8-16(11-14)24(27)29-15(2)23(26)25-19-13-21-18(12-22(19)28-3)17-9-4-5-10-20(17)30-21/h4-13,15H,1-3H3,(H,25,26)/t15-/m1/s1. The molecule has 0 aliphatic heterocycles.